The summed E-state index contributed by atoms with van der Waals surface area (Å²) in [5.74, 6) is 0.679. The number of rotatable bonds is 4. The Balaban J connectivity index is 2.09. The lowest BCUT2D eigenvalue weighted by atomic mass is 10.2. The third kappa shape index (κ3) is 5.71. The molecule has 0 radical (unpaired) electrons. The topological polar surface area (TPSA) is 107 Å². The zero-order valence-corrected chi connectivity index (χ0v) is 15.1. The summed E-state index contributed by atoms with van der Waals surface area (Å²) >= 11 is 0. The fourth-order valence-electron chi connectivity index (χ4n) is 1.76. The predicted octanol–water partition coefficient (Wildman–Crippen LogP) is 2.79. The highest BCUT2D eigenvalue weighted by molar-refractivity contribution is 7.90. The SMILES string of the molecule is Cc1cncc(Oc2ccc(S(=O)(=O)NC(=O)OC(C)(C)C)cc2)n1. The highest BCUT2D eigenvalue weighted by Gasteiger charge is 2.22. The van der Waals surface area contributed by atoms with Crippen LogP contribution >= 0.6 is 0 Å². The normalized spacial score (nSPS) is 11.7. The third-order valence-corrected chi connectivity index (χ3v) is 4.03. The molecule has 25 heavy (non-hydrogen) atoms. The summed E-state index contributed by atoms with van der Waals surface area (Å²) in [4.78, 5) is 19.6. The first-order valence-corrected chi connectivity index (χ1v) is 8.86. The molecule has 0 spiro atoms. The van der Waals surface area contributed by atoms with E-state index in [0.717, 1.165) is 0 Å². The van der Waals surface area contributed by atoms with Crippen LogP contribution in [-0.4, -0.2) is 30.1 Å². The average Bonchev–Trinajstić information content (AvgIpc) is 2.45. The number of nitrogens with zero attached hydrogens (tertiary/aromatic N) is 2. The number of benzene rings is 1. The van der Waals surface area contributed by atoms with Gasteiger partial charge in [0.2, 0.25) is 5.88 Å². The van der Waals surface area contributed by atoms with Crippen molar-refractivity contribution in [1.82, 2.24) is 14.7 Å². The largest absolute Gasteiger partial charge is 0.443 e. The highest BCUT2D eigenvalue weighted by atomic mass is 32.2. The molecule has 0 bridgehead atoms. The van der Waals surface area contributed by atoms with Gasteiger partial charge in [-0.15, -0.1) is 0 Å². The number of aryl methyl sites for hydroxylation is 1. The molecule has 8 nitrogen and oxygen atoms in total. The number of hydrogen-bond acceptors (Lipinski definition) is 7. The summed E-state index contributed by atoms with van der Waals surface area (Å²) in [6.45, 7) is 6.69. The zero-order valence-electron chi connectivity index (χ0n) is 14.3. The van der Waals surface area contributed by atoms with Crippen LogP contribution in [0.15, 0.2) is 41.6 Å². The lowest BCUT2D eigenvalue weighted by Crippen LogP contribution is -2.36. The summed E-state index contributed by atoms with van der Waals surface area (Å²) in [5.41, 5.74) is -0.107. The molecule has 0 aliphatic heterocycles. The number of carbonyl (C=O) groups is 1. The molecule has 1 N–H and O–H groups in total. The van der Waals surface area contributed by atoms with Crippen LogP contribution in [0.25, 0.3) is 0 Å². The van der Waals surface area contributed by atoms with Crippen LogP contribution in [0, 0.1) is 6.92 Å². The molecule has 0 atom stereocenters. The van der Waals surface area contributed by atoms with Crippen molar-refractivity contribution in [2.45, 2.75) is 38.2 Å². The van der Waals surface area contributed by atoms with E-state index in [1.165, 1.54) is 30.5 Å². The Labute approximate surface area is 146 Å². The molecule has 2 rings (SSSR count). The van der Waals surface area contributed by atoms with E-state index in [0.29, 0.717) is 17.3 Å². The van der Waals surface area contributed by atoms with Crippen molar-refractivity contribution in [3.63, 3.8) is 0 Å². The minimum Gasteiger partial charge on any atom is -0.443 e. The van der Waals surface area contributed by atoms with Crippen molar-refractivity contribution in [3.8, 4) is 11.6 Å². The van der Waals surface area contributed by atoms with Gasteiger partial charge in [0, 0.05) is 6.20 Å². The maximum absolute atomic E-state index is 12.2. The van der Waals surface area contributed by atoms with Gasteiger partial charge in [-0.3, -0.25) is 4.98 Å². The van der Waals surface area contributed by atoms with Crippen molar-refractivity contribution in [1.29, 1.82) is 0 Å². The predicted molar refractivity (Wildman–Crippen MR) is 89.8 cm³/mol. The second-order valence-corrected chi connectivity index (χ2v) is 7.86. The van der Waals surface area contributed by atoms with Gasteiger partial charge in [0.05, 0.1) is 16.8 Å². The molecule has 9 heteroatoms. The molecule has 0 saturated carbocycles. The minimum atomic E-state index is -4.04. The Morgan fingerprint density at radius 3 is 2.32 bits per heavy atom. The van der Waals surface area contributed by atoms with Crippen molar-refractivity contribution >= 4 is 16.1 Å². The first-order valence-electron chi connectivity index (χ1n) is 7.37. The maximum atomic E-state index is 12.2. The number of aromatic nitrogens is 2. The lowest BCUT2D eigenvalue weighted by Gasteiger charge is -2.19. The van der Waals surface area contributed by atoms with E-state index in [2.05, 4.69) is 9.97 Å². The zero-order chi connectivity index (χ0) is 18.7. The van der Waals surface area contributed by atoms with Crippen LogP contribution in [0.2, 0.25) is 0 Å². The minimum absolute atomic E-state index is 0.0963. The van der Waals surface area contributed by atoms with Gasteiger partial charge in [-0.1, -0.05) is 0 Å². The monoisotopic (exact) mass is 365 g/mol. The van der Waals surface area contributed by atoms with E-state index in [9.17, 15) is 13.2 Å². The number of nitrogens with one attached hydrogen (secondary N) is 1. The summed E-state index contributed by atoms with van der Waals surface area (Å²) < 4.78 is 36.6. The standard InChI is InChI=1S/C16H19N3O5S/c1-11-9-17-10-14(18-11)23-12-5-7-13(8-6-12)25(21,22)19-15(20)24-16(2,3)4/h5-10H,1-4H3,(H,19,20). The molecule has 1 aromatic carbocycles. The number of carbonyl (C=O) groups excluding carboxylic acids is 1. The molecule has 134 valence electrons. The molecular weight excluding hydrogens is 346 g/mol. The van der Waals surface area contributed by atoms with Gasteiger partial charge in [-0.05, 0) is 52.0 Å². The van der Waals surface area contributed by atoms with Crippen LogP contribution < -0.4 is 9.46 Å². The van der Waals surface area contributed by atoms with Crippen molar-refractivity contribution in [2.24, 2.45) is 0 Å². The summed E-state index contributed by atoms with van der Waals surface area (Å²) in [6.07, 6.45) is 2.00. The molecule has 0 saturated heterocycles. The third-order valence-electron chi connectivity index (χ3n) is 2.71. The van der Waals surface area contributed by atoms with Gasteiger partial charge >= 0.3 is 6.09 Å². The molecule has 2 aromatic rings. The van der Waals surface area contributed by atoms with E-state index < -0.39 is 21.7 Å². The van der Waals surface area contributed by atoms with Crippen LogP contribution in [0.5, 0.6) is 11.6 Å². The number of amides is 1. The molecule has 0 unspecified atom stereocenters. The van der Waals surface area contributed by atoms with Crippen molar-refractivity contribution in [2.75, 3.05) is 0 Å². The molecule has 1 amide bonds. The Hall–Kier alpha value is -2.68. The van der Waals surface area contributed by atoms with E-state index in [1.807, 2.05) is 4.72 Å². The van der Waals surface area contributed by atoms with Crippen LogP contribution in [0.3, 0.4) is 0 Å². The van der Waals surface area contributed by atoms with Crippen LogP contribution in [0.4, 0.5) is 4.79 Å². The highest BCUT2D eigenvalue weighted by Crippen LogP contribution is 2.21. The molecule has 0 aliphatic carbocycles. The van der Waals surface area contributed by atoms with Gasteiger partial charge in [0.1, 0.15) is 11.4 Å². The Bertz CT molecular complexity index is 858. The fourth-order valence-corrected chi connectivity index (χ4v) is 2.64. The molecule has 1 aromatic heterocycles. The van der Waals surface area contributed by atoms with Crippen molar-refractivity contribution < 1.29 is 22.7 Å². The van der Waals surface area contributed by atoms with Gasteiger partial charge in [-0.2, -0.15) is 0 Å². The van der Waals surface area contributed by atoms with Crippen LogP contribution in [-0.2, 0) is 14.8 Å². The average molecular weight is 365 g/mol. The molecule has 0 fully saturated rings. The molecular formula is C16H19N3O5S. The van der Waals surface area contributed by atoms with Gasteiger partial charge in [0.15, 0.2) is 0 Å². The van der Waals surface area contributed by atoms with Gasteiger partial charge in [-0.25, -0.2) is 22.9 Å². The second-order valence-electron chi connectivity index (χ2n) is 6.18. The fraction of sp³-hybridized carbons (Fsp3) is 0.312. The Morgan fingerprint density at radius 2 is 1.76 bits per heavy atom. The van der Waals surface area contributed by atoms with Gasteiger partial charge < -0.3 is 9.47 Å². The number of sulfonamides is 1. The van der Waals surface area contributed by atoms with E-state index >= 15 is 0 Å². The quantitative estimate of drug-likeness (QED) is 0.887. The molecule has 1 heterocycles. The summed E-state index contributed by atoms with van der Waals surface area (Å²) in [6, 6.07) is 5.53. The molecule has 0 aliphatic rings. The smallest absolute Gasteiger partial charge is 0.421 e. The number of hydrogen-bond donors (Lipinski definition) is 1. The van der Waals surface area contributed by atoms with E-state index in [-0.39, 0.29) is 4.90 Å². The first-order chi connectivity index (χ1) is 11.5. The summed E-state index contributed by atoms with van der Waals surface area (Å²) in [7, 11) is -4.04. The maximum Gasteiger partial charge on any atom is 0.421 e. The first kappa shape index (κ1) is 18.7. The second kappa shape index (κ2) is 7.06. The van der Waals surface area contributed by atoms with E-state index in [1.54, 1.807) is 33.9 Å². The number of ether oxygens (including phenoxy) is 2. The van der Waals surface area contributed by atoms with Crippen LogP contribution in [0.1, 0.15) is 26.5 Å². The summed E-state index contributed by atoms with van der Waals surface area (Å²) in [5, 5.41) is 0. The van der Waals surface area contributed by atoms with Crippen molar-refractivity contribution in [3.05, 3.63) is 42.4 Å². The lowest BCUT2D eigenvalue weighted by molar-refractivity contribution is 0.0570. The Kier molecular flexibility index (Phi) is 5.27. The Morgan fingerprint density at radius 1 is 1.12 bits per heavy atom. The van der Waals surface area contributed by atoms with Gasteiger partial charge in [0.25, 0.3) is 10.0 Å². The van der Waals surface area contributed by atoms with E-state index in [4.69, 9.17) is 9.47 Å².